The largest absolute Gasteiger partial charge is 0.423 e. The number of aromatic nitrogens is 2. The molecule has 1 aromatic carbocycles. The van der Waals surface area contributed by atoms with E-state index in [9.17, 15) is 4.79 Å². The van der Waals surface area contributed by atoms with Gasteiger partial charge in [0.1, 0.15) is 23.2 Å². The summed E-state index contributed by atoms with van der Waals surface area (Å²) in [5, 5.41) is 3.86. The number of ether oxygens (including phenoxy) is 1. The fraction of sp³-hybridized carbons (Fsp3) is 0.333. The highest BCUT2D eigenvalue weighted by molar-refractivity contribution is 6.33. The Morgan fingerprint density at radius 1 is 1.17 bits per heavy atom. The summed E-state index contributed by atoms with van der Waals surface area (Å²) in [6.07, 6.45) is 9.03. The molecule has 3 aliphatic rings. The smallest absolute Gasteiger partial charge is 0.325 e. The fourth-order valence-corrected chi connectivity index (χ4v) is 4.88. The average molecular weight is 505 g/mol. The van der Waals surface area contributed by atoms with E-state index in [1.807, 2.05) is 48.3 Å². The first kappa shape index (κ1) is 24.1. The summed E-state index contributed by atoms with van der Waals surface area (Å²) in [6, 6.07) is 5.99. The molecule has 1 aliphatic carbocycles. The zero-order chi connectivity index (χ0) is 25.2. The number of rotatable bonds is 5. The molecular weight excluding hydrogens is 476 g/mol. The number of amides is 1. The number of anilines is 2. The normalized spacial score (nSPS) is 17.2. The van der Waals surface area contributed by atoms with Gasteiger partial charge in [-0.1, -0.05) is 41.5 Å². The van der Waals surface area contributed by atoms with E-state index in [2.05, 4.69) is 33.2 Å². The Balaban J connectivity index is 1.44. The summed E-state index contributed by atoms with van der Waals surface area (Å²) in [6.45, 7) is 8.93. The van der Waals surface area contributed by atoms with Crippen LogP contribution in [0.2, 0.25) is 5.02 Å². The van der Waals surface area contributed by atoms with E-state index in [4.69, 9.17) is 21.3 Å². The van der Waals surface area contributed by atoms with Gasteiger partial charge < -0.3 is 19.9 Å². The van der Waals surface area contributed by atoms with Crippen molar-refractivity contribution in [1.29, 1.82) is 0 Å². The lowest BCUT2D eigenvalue weighted by Gasteiger charge is -2.35. The summed E-state index contributed by atoms with van der Waals surface area (Å²) in [5.74, 6) is 2.63. The molecular formula is C27H29ClN6O2. The van der Waals surface area contributed by atoms with Gasteiger partial charge in [-0.15, -0.1) is 0 Å². The zero-order valence-corrected chi connectivity index (χ0v) is 21.5. The number of halogens is 1. The standard InChI is InChI=1S/C27H29ClN6O2/c1-4-5-19-14-23(29-16-19)30-24-15-25(34-10-8-33(9-11-34)18(3)35)32-27(31-24)36-22-7-6-20-12-17(2)13-21(20)26(22)28/h4-7,13-15H,8-12,16H2,1-3H3,(H,29,30,31,32)/b5-4+. The molecule has 0 saturated carbocycles. The quantitative estimate of drug-likeness (QED) is 0.625. The van der Waals surface area contributed by atoms with Crippen LogP contribution >= 0.6 is 11.6 Å². The Kier molecular flexibility index (Phi) is 6.78. The maximum atomic E-state index is 11.8. The van der Waals surface area contributed by atoms with E-state index < -0.39 is 0 Å². The molecule has 0 bridgehead atoms. The molecule has 1 amide bonds. The molecule has 2 aromatic rings. The number of hydrogen-bond acceptors (Lipinski definition) is 7. The number of nitrogens with one attached hydrogen (secondary N) is 1. The molecule has 0 atom stereocenters. The highest BCUT2D eigenvalue weighted by Gasteiger charge is 2.23. The van der Waals surface area contributed by atoms with E-state index in [1.54, 1.807) is 6.92 Å². The Bertz CT molecular complexity index is 1320. The number of carbonyl (C=O) groups excluding carboxylic acids is 1. The van der Waals surface area contributed by atoms with Crippen molar-refractivity contribution in [3.05, 3.63) is 63.7 Å². The summed E-state index contributed by atoms with van der Waals surface area (Å²) in [4.78, 5) is 29.6. The van der Waals surface area contributed by atoms with Crippen LogP contribution < -0.4 is 15.0 Å². The Labute approximate surface area is 216 Å². The molecule has 36 heavy (non-hydrogen) atoms. The minimum atomic E-state index is 0.0854. The highest BCUT2D eigenvalue weighted by atomic mass is 35.5. The minimum Gasteiger partial charge on any atom is -0.423 e. The molecule has 2 aliphatic heterocycles. The van der Waals surface area contributed by atoms with Gasteiger partial charge in [-0.3, -0.25) is 9.79 Å². The molecule has 1 saturated heterocycles. The number of amidine groups is 1. The highest BCUT2D eigenvalue weighted by Crippen LogP contribution is 2.38. The fourth-order valence-electron chi connectivity index (χ4n) is 4.60. The minimum absolute atomic E-state index is 0.0854. The maximum absolute atomic E-state index is 11.8. The van der Waals surface area contributed by atoms with Crippen molar-refractivity contribution in [1.82, 2.24) is 14.9 Å². The second-order valence-electron chi connectivity index (χ2n) is 9.15. The third kappa shape index (κ3) is 5.14. The number of aliphatic imine (C=N–C) groups is 1. The first-order valence-corrected chi connectivity index (χ1v) is 12.5. The van der Waals surface area contributed by atoms with Crippen molar-refractivity contribution in [2.24, 2.45) is 4.99 Å². The van der Waals surface area contributed by atoms with Crippen molar-refractivity contribution in [2.75, 3.05) is 42.9 Å². The SMILES string of the molecule is C/C=C/C1=CC(Nc2cc(N3CCN(C(C)=O)CC3)nc(Oc3ccc4c(c3Cl)C=C(C)C4)n2)=NC1. The monoisotopic (exact) mass is 504 g/mol. The Morgan fingerprint density at radius 2 is 1.97 bits per heavy atom. The van der Waals surface area contributed by atoms with Crippen molar-refractivity contribution in [3.63, 3.8) is 0 Å². The van der Waals surface area contributed by atoms with Crippen molar-refractivity contribution in [2.45, 2.75) is 27.2 Å². The van der Waals surface area contributed by atoms with Gasteiger partial charge in [-0.2, -0.15) is 9.97 Å². The van der Waals surface area contributed by atoms with Gasteiger partial charge in [0, 0.05) is 44.7 Å². The van der Waals surface area contributed by atoms with E-state index in [1.165, 1.54) is 11.1 Å². The van der Waals surface area contributed by atoms with Gasteiger partial charge in [0.25, 0.3) is 0 Å². The second kappa shape index (κ2) is 10.1. The van der Waals surface area contributed by atoms with E-state index in [0.29, 0.717) is 49.3 Å². The molecule has 0 radical (unpaired) electrons. The third-order valence-electron chi connectivity index (χ3n) is 6.43. The Hall–Kier alpha value is -3.65. The molecule has 0 spiro atoms. The van der Waals surface area contributed by atoms with Crippen LogP contribution in [0.5, 0.6) is 11.8 Å². The number of hydrogen-bond donors (Lipinski definition) is 1. The van der Waals surface area contributed by atoms with E-state index >= 15 is 0 Å². The molecule has 5 rings (SSSR count). The van der Waals surface area contributed by atoms with Crippen molar-refractivity contribution >= 4 is 41.1 Å². The summed E-state index contributed by atoms with van der Waals surface area (Å²) in [5.41, 5.74) is 4.57. The van der Waals surface area contributed by atoms with Gasteiger partial charge in [-0.05, 0) is 43.5 Å². The van der Waals surface area contributed by atoms with Crippen LogP contribution in [0.1, 0.15) is 31.9 Å². The molecule has 3 heterocycles. The van der Waals surface area contributed by atoms with Gasteiger partial charge in [0.05, 0.1) is 11.6 Å². The summed E-state index contributed by atoms with van der Waals surface area (Å²) >= 11 is 6.70. The van der Waals surface area contributed by atoms with Crippen LogP contribution in [0.25, 0.3) is 6.08 Å². The van der Waals surface area contributed by atoms with Gasteiger partial charge >= 0.3 is 6.01 Å². The molecule has 186 valence electrons. The number of fused-ring (bicyclic) bond motifs is 1. The zero-order valence-electron chi connectivity index (χ0n) is 20.7. The predicted molar refractivity (Wildman–Crippen MR) is 144 cm³/mol. The van der Waals surface area contributed by atoms with Gasteiger partial charge in [0.2, 0.25) is 5.91 Å². The number of allylic oxidation sites excluding steroid dienone is 2. The summed E-state index contributed by atoms with van der Waals surface area (Å²) in [7, 11) is 0. The molecule has 1 fully saturated rings. The average Bonchev–Trinajstić information content (AvgIpc) is 3.47. The van der Waals surface area contributed by atoms with Crippen LogP contribution in [-0.2, 0) is 11.2 Å². The van der Waals surface area contributed by atoms with Crippen LogP contribution in [0, 0.1) is 0 Å². The van der Waals surface area contributed by atoms with E-state index in [-0.39, 0.29) is 11.9 Å². The third-order valence-corrected chi connectivity index (χ3v) is 6.82. The summed E-state index contributed by atoms with van der Waals surface area (Å²) < 4.78 is 6.14. The predicted octanol–water partition coefficient (Wildman–Crippen LogP) is 4.88. The first-order chi connectivity index (χ1) is 17.4. The van der Waals surface area contributed by atoms with Gasteiger partial charge in [-0.25, -0.2) is 0 Å². The van der Waals surface area contributed by atoms with Gasteiger partial charge in [0.15, 0.2) is 0 Å². The number of carbonyl (C=O) groups is 1. The lowest BCUT2D eigenvalue weighted by atomic mass is 10.1. The first-order valence-electron chi connectivity index (χ1n) is 12.1. The number of benzene rings is 1. The van der Waals surface area contributed by atoms with Crippen molar-refractivity contribution in [3.8, 4) is 11.8 Å². The lowest BCUT2D eigenvalue weighted by Crippen LogP contribution is -2.48. The van der Waals surface area contributed by atoms with Crippen LogP contribution in [0.3, 0.4) is 0 Å². The molecule has 9 heteroatoms. The van der Waals surface area contributed by atoms with Crippen LogP contribution in [0.15, 0.2) is 52.6 Å². The van der Waals surface area contributed by atoms with Crippen LogP contribution in [0.4, 0.5) is 11.6 Å². The number of nitrogens with zero attached hydrogens (tertiary/aromatic N) is 5. The lowest BCUT2D eigenvalue weighted by molar-refractivity contribution is -0.129. The van der Waals surface area contributed by atoms with Crippen LogP contribution in [-0.4, -0.2) is 59.3 Å². The molecule has 0 unspecified atom stereocenters. The molecule has 1 aromatic heterocycles. The topological polar surface area (TPSA) is 83.0 Å². The Morgan fingerprint density at radius 3 is 2.72 bits per heavy atom. The van der Waals surface area contributed by atoms with Crippen molar-refractivity contribution < 1.29 is 9.53 Å². The van der Waals surface area contributed by atoms with E-state index in [0.717, 1.165) is 29.2 Å². The molecule has 1 N–H and O–H groups in total. The number of piperazine rings is 1. The second-order valence-corrected chi connectivity index (χ2v) is 9.53. The molecule has 8 nitrogen and oxygen atoms in total. The maximum Gasteiger partial charge on any atom is 0.325 e.